The molecule has 0 saturated carbocycles. The molecule has 0 bridgehead atoms. The molecule has 0 unspecified atom stereocenters. The molecule has 1 amide bonds. The Labute approximate surface area is 120 Å². The van der Waals surface area contributed by atoms with Crippen LogP contribution in [-0.2, 0) is 7.05 Å². The van der Waals surface area contributed by atoms with E-state index in [1.54, 1.807) is 29.9 Å². The van der Waals surface area contributed by atoms with Gasteiger partial charge in [-0.1, -0.05) is 11.6 Å². The molecule has 3 rings (SSSR count). The monoisotopic (exact) mass is 282 g/mol. The largest absolute Gasteiger partial charge is 0.493 e. The van der Waals surface area contributed by atoms with Crippen molar-refractivity contribution in [1.29, 1.82) is 0 Å². The molecule has 2 N–H and O–H groups in total. The van der Waals surface area contributed by atoms with Crippen molar-refractivity contribution < 1.29 is 9.90 Å². The number of nitrogens with one attached hydrogen (secondary N) is 1. The van der Waals surface area contributed by atoms with Crippen LogP contribution in [0.2, 0.25) is 0 Å². The summed E-state index contributed by atoms with van der Waals surface area (Å²) in [6.45, 7) is 1.94. The van der Waals surface area contributed by atoms with E-state index in [1.165, 1.54) is 0 Å². The van der Waals surface area contributed by atoms with Gasteiger partial charge in [0.1, 0.15) is 5.69 Å². The lowest BCUT2D eigenvalue weighted by Crippen LogP contribution is -2.01. The van der Waals surface area contributed by atoms with E-state index in [0.717, 1.165) is 16.5 Å². The Kier molecular flexibility index (Phi) is 3.06. The summed E-state index contributed by atoms with van der Waals surface area (Å²) >= 11 is 0. The highest BCUT2D eigenvalue weighted by molar-refractivity contribution is 5.96. The Balaban J connectivity index is 2.00. The van der Waals surface area contributed by atoms with E-state index in [2.05, 4.69) is 15.2 Å². The van der Waals surface area contributed by atoms with Gasteiger partial charge < -0.3 is 14.7 Å². The second-order valence-electron chi connectivity index (χ2n) is 4.88. The number of hydrogen-bond donors (Lipinski definition) is 2. The van der Waals surface area contributed by atoms with Crippen LogP contribution >= 0.6 is 0 Å². The summed E-state index contributed by atoms with van der Waals surface area (Å²) in [5, 5.41) is 18.2. The number of aromatic hydroxyl groups is 1. The summed E-state index contributed by atoms with van der Waals surface area (Å²) in [6.07, 6.45) is 1.76. The van der Waals surface area contributed by atoms with Crippen molar-refractivity contribution in [3.8, 4) is 5.88 Å². The van der Waals surface area contributed by atoms with Crippen LogP contribution < -0.4 is 0 Å². The van der Waals surface area contributed by atoms with Crippen molar-refractivity contribution in [2.75, 3.05) is 0 Å². The van der Waals surface area contributed by atoms with Gasteiger partial charge in [0.05, 0.1) is 5.52 Å². The molecule has 2 heterocycles. The number of rotatable bonds is 2. The van der Waals surface area contributed by atoms with Crippen LogP contribution in [0.15, 0.2) is 46.8 Å². The fourth-order valence-corrected chi connectivity index (χ4v) is 2.21. The second kappa shape index (κ2) is 4.90. The first-order valence-electron chi connectivity index (χ1n) is 6.45. The standard InChI is InChI=1S/C15H14N4O2/c1-9-5-6-11-10(8-9)13(15(21)16-11)17-18-14(20)12-4-3-7-19(12)2/h3-8,16,21H,1-2H3. The smallest absolute Gasteiger partial charge is 0.311 e. The molecular formula is C15H14N4O2. The van der Waals surface area contributed by atoms with Gasteiger partial charge >= 0.3 is 5.91 Å². The summed E-state index contributed by atoms with van der Waals surface area (Å²) in [7, 11) is 1.76. The predicted molar refractivity (Wildman–Crippen MR) is 79.0 cm³/mol. The lowest BCUT2D eigenvalue weighted by Gasteiger charge is -1.96. The third kappa shape index (κ3) is 2.31. The van der Waals surface area contributed by atoms with E-state index < -0.39 is 5.91 Å². The number of nitrogens with zero attached hydrogens (tertiary/aromatic N) is 3. The maximum atomic E-state index is 12.0. The Morgan fingerprint density at radius 2 is 2.14 bits per heavy atom. The molecule has 3 aromatic rings. The molecule has 0 fully saturated rings. The lowest BCUT2D eigenvalue weighted by atomic mass is 10.2. The molecule has 0 aliphatic carbocycles. The molecule has 6 heteroatoms. The highest BCUT2D eigenvalue weighted by Gasteiger charge is 2.12. The average Bonchev–Trinajstić information content (AvgIpc) is 2.99. The quantitative estimate of drug-likeness (QED) is 0.706. The third-order valence-corrected chi connectivity index (χ3v) is 3.31. The number of amides is 1. The highest BCUT2D eigenvalue weighted by atomic mass is 16.3. The van der Waals surface area contributed by atoms with Crippen LogP contribution in [0.5, 0.6) is 5.88 Å². The summed E-state index contributed by atoms with van der Waals surface area (Å²) in [5.74, 6) is -0.553. The van der Waals surface area contributed by atoms with Crippen molar-refractivity contribution in [2.24, 2.45) is 17.3 Å². The van der Waals surface area contributed by atoms with E-state index in [4.69, 9.17) is 0 Å². The number of hydrogen-bond acceptors (Lipinski definition) is 3. The van der Waals surface area contributed by atoms with E-state index in [1.807, 2.05) is 25.1 Å². The number of carbonyl (C=O) groups excluding carboxylic acids is 1. The fraction of sp³-hybridized carbons (Fsp3) is 0.133. The number of aryl methyl sites for hydroxylation is 2. The minimum absolute atomic E-state index is 0.0981. The number of fused-ring (bicyclic) bond motifs is 1. The first-order chi connectivity index (χ1) is 10.1. The first-order valence-corrected chi connectivity index (χ1v) is 6.45. The minimum Gasteiger partial charge on any atom is -0.493 e. The zero-order chi connectivity index (χ0) is 15.0. The molecule has 0 radical (unpaired) electrons. The van der Waals surface area contributed by atoms with Gasteiger partial charge in [-0.25, -0.2) is 0 Å². The Morgan fingerprint density at radius 3 is 2.86 bits per heavy atom. The fourth-order valence-electron chi connectivity index (χ4n) is 2.21. The van der Waals surface area contributed by atoms with Crippen LogP contribution in [0, 0.1) is 6.92 Å². The molecule has 0 aliphatic heterocycles. The highest BCUT2D eigenvalue weighted by Crippen LogP contribution is 2.35. The number of aromatic nitrogens is 2. The molecule has 0 atom stereocenters. The Morgan fingerprint density at radius 1 is 1.33 bits per heavy atom. The summed E-state index contributed by atoms with van der Waals surface area (Å²) in [6, 6.07) is 9.08. The normalized spacial score (nSPS) is 11.5. The SMILES string of the molecule is Cc1ccc2[nH]c(O)c(N=NC(=O)c3cccn3C)c2c1. The first kappa shape index (κ1) is 13.1. The maximum Gasteiger partial charge on any atom is 0.311 e. The average molecular weight is 282 g/mol. The lowest BCUT2D eigenvalue weighted by molar-refractivity contribution is 0.0987. The number of azo groups is 1. The van der Waals surface area contributed by atoms with Gasteiger partial charge in [0.25, 0.3) is 0 Å². The number of H-pyrrole nitrogens is 1. The molecule has 0 saturated heterocycles. The van der Waals surface area contributed by atoms with Gasteiger partial charge in [-0.2, -0.15) is 0 Å². The number of carbonyl (C=O) groups is 1. The van der Waals surface area contributed by atoms with E-state index >= 15 is 0 Å². The molecule has 6 nitrogen and oxygen atoms in total. The number of benzene rings is 1. The van der Waals surface area contributed by atoms with Crippen molar-refractivity contribution >= 4 is 22.5 Å². The summed E-state index contributed by atoms with van der Waals surface area (Å²) in [5.41, 5.74) is 2.50. The van der Waals surface area contributed by atoms with Crippen LogP contribution in [-0.4, -0.2) is 20.6 Å². The molecule has 1 aromatic carbocycles. The van der Waals surface area contributed by atoms with Gasteiger partial charge in [-0.3, -0.25) is 4.79 Å². The van der Waals surface area contributed by atoms with Crippen LogP contribution in [0.25, 0.3) is 10.9 Å². The molecule has 21 heavy (non-hydrogen) atoms. The van der Waals surface area contributed by atoms with Crippen molar-refractivity contribution in [3.05, 3.63) is 47.8 Å². The van der Waals surface area contributed by atoms with Gasteiger partial charge in [-0.15, -0.1) is 10.2 Å². The van der Waals surface area contributed by atoms with E-state index in [-0.39, 0.29) is 11.6 Å². The molecular weight excluding hydrogens is 268 g/mol. The second-order valence-corrected chi connectivity index (χ2v) is 4.88. The van der Waals surface area contributed by atoms with Gasteiger partial charge in [0.2, 0.25) is 5.88 Å². The summed E-state index contributed by atoms with van der Waals surface area (Å²) in [4.78, 5) is 14.8. The van der Waals surface area contributed by atoms with Crippen molar-refractivity contribution in [3.63, 3.8) is 0 Å². The predicted octanol–water partition coefficient (Wildman–Crippen LogP) is 3.44. The van der Waals surface area contributed by atoms with E-state index in [0.29, 0.717) is 5.69 Å². The summed E-state index contributed by atoms with van der Waals surface area (Å²) < 4.78 is 1.67. The minimum atomic E-state index is -0.455. The van der Waals surface area contributed by atoms with Crippen LogP contribution in [0.3, 0.4) is 0 Å². The topological polar surface area (TPSA) is 82.7 Å². The number of aromatic amines is 1. The van der Waals surface area contributed by atoms with Crippen molar-refractivity contribution in [2.45, 2.75) is 6.92 Å². The molecule has 2 aromatic heterocycles. The molecule has 0 spiro atoms. The van der Waals surface area contributed by atoms with Crippen LogP contribution in [0.1, 0.15) is 16.1 Å². The van der Waals surface area contributed by atoms with E-state index in [9.17, 15) is 9.90 Å². The van der Waals surface area contributed by atoms with Gasteiger partial charge in [0.15, 0.2) is 5.69 Å². The Hall–Kier alpha value is -2.89. The molecule has 106 valence electrons. The van der Waals surface area contributed by atoms with Gasteiger partial charge in [0, 0.05) is 18.6 Å². The van der Waals surface area contributed by atoms with Crippen molar-refractivity contribution in [1.82, 2.24) is 9.55 Å². The molecule has 0 aliphatic rings. The maximum absolute atomic E-state index is 12.0. The third-order valence-electron chi connectivity index (χ3n) is 3.31. The zero-order valence-electron chi connectivity index (χ0n) is 11.7. The zero-order valence-corrected chi connectivity index (χ0v) is 11.7. The van der Waals surface area contributed by atoms with Gasteiger partial charge in [-0.05, 0) is 31.2 Å². The Bertz CT molecular complexity index is 858. The van der Waals surface area contributed by atoms with Crippen LogP contribution in [0.4, 0.5) is 5.69 Å².